The molecular weight excluding hydrogens is 199 g/mol. The number of carboxylic acid groups (broad SMARTS) is 1. The van der Waals surface area contributed by atoms with Gasteiger partial charge in [0.15, 0.2) is 0 Å². The Morgan fingerprint density at radius 2 is 2.20 bits per heavy atom. The lowest BCUT2D eigenvalue weighted by Crippen LogP contribution is -2.08. The molecule has 0 aliphatic heterocycles. The van der Waals surface area contributed by atoms with Crippen molar-refractivity contribution in [3.05, 3.63) is 29.6 Å². The average Bonchev–Trinajstić information content (AvgIpc) is 2.14. The molecule has 0 fully saturated rings. The summed E-state index contributed by atoms with van der Waals surface area (Å²) in [7, 11) is 0. The smallest absolute Gasteiger partial charge is 0.339 e. The number of rotatable bonds is 4. The van der Waals surface area contributed by atoms with Crippen molar-refractivity contribution in [1.29, 1.82) is 0 Å². The van der Waals surface area contributed by atoms with Crippen LogP contribution in [-0.2, 0) is 0 Å². The molecule has 1 aromatic rings. The maximum Gasteiger partial charge on any atom is 0.339 e. The van der Waals surface area contributed by atoms with Gasteiger partial charge in [0.05, 0.1) is 6.61 Å². The van der Waals surface area contributed by atoms with Crippen molar-refractivity contribution in [3.63, 3.8) is 0 Å². The number of benzene rings is 1. The number of hydrogen-bond donors (Lipinski definition) is 1. The van der Waals surface area contributed by atoms with Crippen LogP contribution in [0.5, 0.6) is 5.75 Å². The topological polar surface area (TPSA) is 46.5 Å². The minimum Gasteiger partial charge on any atom is -0.492 e. The van der Waals surface area contributed by atoms with E-state index in [4.69, 9.17) is 9.84 Å². The van der Waals surface area contributed by atoms with Crippen LogP contribution in [0.4, 0.5) is 4.39 Å². The van der Waals surface area contributed by atoms with E-state index in [0.717, 1.165) is 12.1 Å². The van der Waals surface area contributed by atoms with Crippen LogP contribution in [0, 0.1) is 11.7 Å². The molecule has 3 nitrogen and oxygen atoms in total. The summed E-state index contributed by atoms with van der Waals surface area (Å²) >= 11 is 0. The van der Waals surface area contributed by atoms with Gasteiger partial charge in [-0.25, -0.2) is 9.18 Å². The molecule has 0 aromatic heterocycles. The second-order valence-electron chi connectivity index (χ2n) is 3.65. The van der Waals surface area contributed by atoms with E-state index >= 15 is 0 Å². The highest BCUT2D eigenvalue weighted by Gasteiger charge is 2.12. The van der Waals surface area contributed by atoms with E-state index in [1.807, 2.05) is 13.8 Å². The molecule has 0 saturated carbocycles. The van der Waals surface area contributed by atoms with E-state index in [1.54, 1.807) is 0 Å². The Morgan fingerprint density at radius 1 is 1.53 bits per heavy atom. The summed E-state index contributed by atoms with van der Waals surface area (Å²) < 4.78 is 18.1. The molecule has 0 aliphatic carbocycles. The Kier molecular flexibility index (Phi) is 3.66. The lowest BCUT2D eigenvalue weighted by Gasteiger charge is -2.10. The first kappa shape index (κ1) is 11.5. The van der Waals surface area contributed by atoms with Crippen molar-refractivity contribution in [1.82, 2.24) is 0 Å². The Balaban J connectivity index is 2.92. The number of carboxylic acids is 1. The number of hydrogen-bond acceptors (Lipinski definition) is 2. The van der Waals surface area contributed by atoms with Gasteiger partial charge < -0.3 is 9.84 Å². The van der Waals surface area contributed by atoms with Crippen molar-refractivity contribution >= 4 is 5.97 Å². The number of ether oxygens (including phenoxy) is 1. The quantitative estimate of drug-likeness (QED) is 0.834. The molecule has 15 heavy (non-hydrogen) atoms. The zero-order valence-electron chi connectivity index (χ0n) is 8.66. The van der Waals surface area contributed by atoms with Gasteiger partial charge in [0, 0.05) is 6.07 Å². The van der Waals surface area contributed by atoms with Gasteiger partial charge in [0.25, 0.3) is 0 Å². The summed E-state index contributed by atoms with van der Waals surface area (Å²) in [5.41, 5.74) is -0.0166. The molecule has 0 atom stereocenters. The average molecular weight is 212 g/mol. The molecule has 0 aliphatic rings. The van der Waals surface area contributed by atoms with E-state index in [1.165, 1.54) is 6.07 Å². The summed E-state index contributed by atoms with van der Waals surface area (Å²) in [6.07, 6.45) is 0. The summed E-state index contributed by atoms with van der Waals surface area (Å²) in [6.45, 7) is 4.23. The Labute approximate surface area is 87.5 Å². The van der Waals surface area contributed by atoms with Crippen LogP contribution in [0.25, 0.3) is 0 Å². The molecule has 0 unspecified atom stereocenters. The second kappa shape index (κ2) is 4.77. The third-order valence-electron chi connectivity index (χ3n) is 1.75. The first-order valence-corrected chi connectivity index (χ1v) is 4.66. The molecule has 0 radical (unpaired) electrons. The Morgan fingerprint density at radius 3 is 2.73 bits per heavy atom. The van der Waals surface area contributed by atoms with E-state index in [-0.39, 0.29) is 17.2 Å². The normalized spacial score (nSPS) is 10.4. The maximum atomic E-state index is 12.9. The van der Waals surface area contributed by atoms with Crippen LogP contribution < -0.4 is 4.74 Å². The highest BCUT2D eigenvalue weighted by molar-refractivity contribution is 5.90. The van der Waals surface area contributed by atoms with Crippen LogP contribution in [0.3, 0.4) is 0 Å². The maximum absolute atomic E-state index is 12.9. The molecule has 0 amide bonds. The highest BCUT2D eigenvalue weighted by atomic mass is 19.1. The fourth-order valence-corrected chi connectivity index (χ4v) is 1.05. The minimum atomic E-state index is -1.12. The third-order valence-corrected chi connectivity index (χ3v) is 1.75. The first-order chi connectivity index (χ1) is 7.00. The van der Waals surface area contributed by atoms with E-state index in [9.17, 15) is 9.18 Å². The van der Waals surface area contributed by atoms with Crippen LogP contribution in [0.15, 0.2) is 18.2 Å². The minimum absolute atomic E-state index is 0.0166. The van der Waals surface area contributed by atoms with Gasteiger partial charge in [-0.2, -0.15) is 0 Å². The standard InChI is InChI=1S/C11H13FO3/c1-7(2)6-15-10-5-8(12)3-4-9(10)11(13)14/h3-5,7H,6H2,1-2H3,(H,13,14). The van der Waals surface area contributed by atoms with E-state index < -0.39 is 11.8 Å². The predicted molar refractivity (Wildman–Crippen MR) is 53.7 cm³/mol. The molecule has 1 rings (SSSR count). The lowest BCUT2D eigenvalue weighted by atomic mass is 10.2. The van der Waals surface area contributed by atoms with Crippen LogP contribution in [0.2, 0.25) is 0 Å². The summed E-state index contributed by atoms with van der Waals surface area (Å²) in [5.74, 6) is -1.28. The molecular formula is C11H13FO3. The molecule has 0 heterocycles. The monoisotopic (exact) mass is 212 g/mol. The summed E-state index contributed by atoms with van der Waals surface area (Å²) in [5, 5.41) is 8.82. The SMILES string of the molecule is CC(C)COc1cc(F)ccc1C(=O)O. The number of carbonyl (C=O) groups is 1. The zero-order chi connectivity index (χ0) is 11.4. The van der Waals surface area contributed by atoms with Crippen molar-refractivity contribution < 1.29 is 19.0 Å². The van der Waals surface area contributed by atoms with Crippen molar-refractivity contribution in [2.24, 2.45) is 5.92 Å². The van der Waals surface area contributed by atoms with Gasteiger partial charge in [-0.3, -0.25) is 0 Å². The Hall–Kier alpha value is -1.58. The van der Waals surface area contributed by atoms with Crippen molar-refractivity contribution in [2.45, 2.75) is 13.8 Å². The van der Waals surface area contributed by atoms with Crippen LogP contribution in [-0.4, -0.2) is 17.7 Å². The molecule has 82 valence electrons. The van der Waals surface area contributed by atoms with E-state index in [0.29, 0.717) is 6.61 Å². The van der Waals surface area contributed by atoms with Gasteiger partial charge in [-0.15, -0.1) is 0 Å². The fourth-order valence-electron chi connectivity index (χ4n) is 1.05. The van der Waals surface area contributed by atoms with Crippen LogP contribution >= 0.6 is 0 Å². The molecule has 1 aromatic carbocycles. The fraction of sp³-hybridized carbons (Fsp3) is 0.364. The van der Waals surface area contributed by atoms with Crippen molar-refractivity contribution in [3.8, 4) is 5.75 Å². The first-order valence-electron chi connectivity index (χ1n) is 4.66. The third kappa shape index (κ3) is 3.23. The number of aromatic carboxylic acids is 1. The van der Waals surface area contributed by atoms with Gasteiger partial charge in [-0.05, 0) is 18.1 Å². The Bertz CT molecular complexity index is 361. The van der Waals surface area contributed by atoms with Crippen LogP contribution in [0.1, 0.15) is 24.2 Å². The van der Waals surface area contributed by atoms with Gasteiger partial charge in [0.1, 0.15) is 17.1 Å². The largest absolute Gasteiger partial charge is 0.492 e. The van der Waals surface area contributed by atoms with E-state index in [2.05, 4.69) is 0 Å². The molecule has 0 spiro atoms. The summed E-state index contributed by atoms with van der Waals surface area (Å²) in [4.78, 5) is 10.8. The van der Waals surface area contributed by atoms with Gasteiger partial charge in [-0.1, -0.05) is 13.8 Å². The molecule has 4 heteroatoms. The molecule has 0 bridgehead atoms. The number of halogens is 1. The highest BCUT2D eigenvalue weighted by Crippen LogP contribution is 2.20. The zero-order valence-corrected chi connectivity index (χ0v) is 8.66. The van der Waals surface area contributed by atoms with Gasteiger partial charge >= 0.3 is 5.97 Å². The molecule has 1 N–H and O–H groups in total. The predicted octanol–water partition coefficient (Wildman–Crippen LogP) is 2.56. The summed E-state index contributed by atoms with van der Waals surface area (Å²) in [6, 6.07) is 3.39. The van der Waals surface area contributed by atoms with Crippen molar-refractivity contribution in [2.75, 3.05) is 6.61 Å². The molecule has 0 saturated heterocycles. The van der Waals surface area contributed by atoms with Gasteiger partial charge in [0.2, 0.25) is 0 Å². The lowest BCUT2D eigenvalue weighted by molar-refractivity contribution is 0.0691. The second-order valence-corrected chi connectivity index (χ2v) is 3.65.